The van der Waals surface area contributed by atoms with E-state index in [9.17, 15) is 8.42 Å². The molecule has 2 rings (SSSR count). The molecule has 1 atom stereocenters. The first-order valence-corrected chi connectivity index (χ1v) is 7.06. The van der Waals surface area contributed by atoms with Gasteiger partial charge < -0.3 is 5.73 Å². The minimum absolute atomic E-state index is 0.201. The van der Waals surface area contributed by atoms with Crippen molar-refractivity contribution in [2.75, 3.05) is 0 Å². The van der Waals surface area contributed by atoms with Crippen molar-refractivity contribution in [2.45, 2.75) is 37.0 Å². The maximum atomic E-state index is 11.5. The second kappa shape index (κ2) is 4.01. The fourth-order valence-electron chi connectivity index (χ4n) is 1.76. The van der Waals surface area contributed by atoms with Crippen molar-refractivity contribution in [3.05, 3.63) is 23.8 Å². The average molecular weight is 256 g/mol. The molecule has 7 heteroatoms. The van der Waals surface area contributed by atoms with Gasteiger partial charge in [0.05, 0.1) is 5.69 Å². The van der Waals surface area contributed by atoms with Crippen LogP contribution in [0.5, 0.6) is 0 Å². The molecule has 4 N–H and O–H groups in total. The van der Waals surface area contributed by atoms with Crippen molar-refractivity contribution in [1.29, 1.82) is 0 Å². The fraction of sp³-hybridized carbons (Fsp3) is 0.600. The lowest BCUT2D eigenvalue weighted by molar-refractivity contribution is 0.574. The molecule has 94 valence electrons. The third kappa shape index (κ3) is 2.05. The molecule has 17 heavy (non-hydrogen) atoms. The van der Waals surface area contributed by atoms with Crippen molar-refractivity contribution < 1.29 is 8.42 Å². The van der Waals surface area contributed by atoms with E-state index in [0.717, 1.165) is 6.42 Å². The summed E-state index contributed by atoms with van der Waals surface area (Å²) < 4.78 is 22.0. The van der Waals surface area contributed by atoms with Crippen molar-refractivity contribution in [1.82, 2.24) is 9.97 Å². The first-order chi connectivity index (χ1) is 7.90. The average Bonchev–Trinajstić information content (AvgIpc) is 3.08. The molecule has 1 fully saturated rings. The molecular weight excluding hydrogens is 240 g/mol. The largest absolute Gasteiger partial charge is 0.323 e. The second-order valence-electron chi connectivity index (χ2n) is 4.36. The van der Waals surface area contributed by atoms with Crippen LogP contribution in [0.4, 0.5) is 0 Å². The lowest BCUT2D eigenvalue weighted by Crippen LogP contribution is -2.30. The van der Waals surface area contributed by atoms with Gasteiger partial charge in [0.15, 0.2) is 5.82 Å². The Morgan fingerprint density at radius 2 is 2.18 bits per heavy atom. The number of aromatic nitrogens is 2. The van der Waals surface area contributed by atoms with E-state index in [1.54, 1.807) is 12.3 Å². The summed E-state index contributed by atoms with van der Waals surface area (Å²) >= 11 is 0. The van der Waals surface area contributed by atoms with Gasteiger partial charge in [-0.3, -0.25) is 0 Å². The molecule has 0 radical (unpaired) electrons. The van der Waals surface area contributed by atoms with Crippen LogP contribution in [0.1, 0.15) is 43.7 Å². The summed E-state index contributed by atoms with van der Waals surface area (Å²) in [6.07, 6.45) is 3.24. The second-order valence-corrected chi connectivity index (χ2v) is 6.23. The standard InChI is InChI=1S/C10H16N4O2S/c1-2-7(11)8-3-6-13-9(14-8)10(4-5-10)17(12,15)16/h3,6-7H,2,4-5,11H2,1H3,(H2,12,15,16). The number of rotatable bonds is 4. The molecule has 0 bridgehead atoms. The monoisotopic (exact) mass is 256 g/mol. The van der Waals surface area contributed by atoms with Crippen molar-refractivity contribution in [3.63, 3.8) is 0 Å². The van der Waals surface area contributed by atoms with Gasteiger partial charge in [-0.25, -0.2) is 23.5 Å². The minimum Gasteiger partial charge on any atom is -0.323 e. The Bertz CT molecular complexity index is 525. The summed E-state index contributed by atoms with van der Waals surface area (Å²) in [6, 6.07) is 1.50. The van der Waals surface area contributed by atoms with E-state index in [-0.39, 0.29) is 11.9 Å². The third-order valence-corrected chi connectivity index (χ3v) is 4.83. The Kier molecular flexibility index (Phi) is 2.92. The number of nitrogens with zero attached hydrogens (tertiary/aromatic N) is 2. The molecule has 1 aromatic heterocycles. The van der Waals surface area contributed by atoms with E-state index in [0.29, 0.717) is 18.5 Å². The number of sulfonamides is 1. The Hall–Kier alpha value is -1.05. The molecule has 0 amide bonds. The molecule has 0 aliphatic heterocycles. The zero-order valence-electron chi connectivity index (χ0n) is 9.63. The molecule has 1 heterocycles. The smallest absolute Gasteiger partial charge is 0.222 e. The topological polar surface area (TPSA) is 112 Å². The molecular formula is C10H16N4O2S. The van der Waals surface area contributed by atoms with Crippen LogP contribution in [0.2, 0.25) is 0 Å². The molecule has 0 spiro atoms. The summed E-state index contributed by atoms with van der Waals surface area (Å²) in [7, 11) is -3.66. The van der Waals surface area contributed by atoms with Crippen molar-refractivity contribution in [2.24, 2.45) is 10.9 Å². The van der Waals surface area contributed by atoms with Crippen LogP contribution < -0.4 is 10.9 Å². The number of nitrogens with two attached hydrogens (primary N) is 2. The van der Waals surface area contributed by atoms with Crippen LogP contribution in [0, 0.1) is 0 Å². The van der Waals surface area contributed by atoms with E-state index in [1.165, 1.54) is 0 Å². The lowest BCUT2D eigenvalue weighted by Gasteiger charge is -2.14. The highest BCUT2D eigenvalue weighted by molar-refractivity contribution is 7.90. The highest BCUT2D eigenvalue weighted by Crippen LogP contribution is 2.49. The SMILES string of the molecule is CCC(N)c1ccnc(C2(S(N)(=O)=O)CC2)n1. The molecule has 1 unspecified atom stereocenters. The Morgan fingerprint density at radius 1 is 1.53 bits per heavy atom. The molecule has 0 saturated heterocycles. The fourth-order valence-corrected chi connectivity index (χ4v) is 2.78. The van der Waals surface area contributed by atoms with Crippen LogP contribution in [0.15, 0.2) is 12.3 Å². The van der Waals surface area contributed by atoms with Gasteiger partial charge in [-0.2, -0.15) is 0 Å². The number of hydrogen-bond donors (Lipinski definition) is 2. The van der Waals surface area contributed by atoms with E-state index in [4.69, 9.17) is 10.9 Å². The maximum Gasteiger partial charge on any atom is 0.222 e. The summed E-state index contributed by atoms with van der Waals surface area (Å²) in [5.41, 5.74) is 6.52. The quantitative estimate of drug-likeness (QED) is 0.797. The van der Waals surface area contributed by atoms with Crippen LogP contribution >= 0.6 is 0 Å². The molecule has 1 aliphatic carbocycles. The predicted octanol–water partition coefficient (Wildman–Crippen LogP) is 0.164. The number of primary sulfonamides is 1. The van der Waals surface area contributed by atoms with Gasteiger partial charge in [-0.1, -0.05) is 6.92 Å². The zero-order chi connectivity index (χ0) is 12.7. The summed E-state index contributed by atoms with van der Waals surface area (Å²) in [4.78, 5) is 8.28. The highest BCUT2D eigenvalue weighted by Gasteiger charge is 2.57. The van der Waals surface area contributed by atoms with Crippen LogP contribution in [-0.2, 0) is 14.8 Å². The van der Waals surface area contributed by atoms with Gasteiger partial charge in [0.1, 0.15) is 4.75 Å². The highest BCUT2D eigenvalue weighted by atomic mass is 32.2. The first-order valence-electron chi connectivity index (χ1n) is 5.52. The Labute approximate surface area is 100 Å². The van der Waals surface area contributed by atoms with Gasteiger partial charge in [-0.15, -0.1) is 0 Å². The molecule has 6 nitrogen and oxygen atoms in total. The first kappa shape index (κ1) is 12.4. The maximum absolute atomic E-state index is 11.5. The van der Waals surface area contributed by atoms with E-state index in [1.807, 2.05) is 6.92 Å². The van der Waals surface area contributed by atoms with E-state index in [2.05, 4.69) is 9.97 Å². The Morgan fingerprint density at radius 3 is 2.65 bits per heavy atom. The molecule has 1 saturated carbocycles. The molecule has 1 aliphatic rings. The molecule has 1 aromatic rings. The van der Waals surface area contributed by atoms with Gasteiger partial charge in [0.2, 0.25) is 10.0 Å². The summed E-state index contributed by atoms with van der Waals surface area (Å²) in [5, 5.41) is 5.23. The summed E-state index contributed by atoms with van der Waals surface area (Å²) in [5.74, 6) is 0.279. The van der Waals surface area contributed by atoms with Gasteiger partial charge in [0.25, 0.3) is 0 Å². The normalized spacial score (nSPS) is 19.9. The van der Waals surface area contributed by atoms with Gasteiger partial charge in [0, 0.05) is 12.2 Å². The zero-order valence-corrected chi connectivity index (χ0v) is 10.4. The van der Waals surface area contributed by atoms with Gasteiger partial charge in [-0.05, 0) is 25.3 Å². The summed E-state index contributed by atoms with van der Waals surface area (Å²) in [6.45, 7) is 1.94. The Balaban J connectivity index is 2.42. The predicted molar refractivity (Wildman–Crippen MR) is 63.3 cm³/mol. The number of hydrogen-bond acceptors (Lipinski definition) is 5. The van der Waals surface area contributed by atoms with Crippen molar-refractivity contribution >= 4 is 10.0 Å². The molecule has 0 aromatic carbocycles. The van der Waals surface area contributed by atoms with Gasteiger partial charge >= 0.3 is 0 Å². The van der Waals surface area contributed by atoms with Crippen LogP contribution in [-0.4, -0.2) is 18.4 Å². The van der Waals surface area contributed by atoms with Crippen LogP contribution in [0.25, 0.3) is 0 Å². The third-order valence-electron chi connectivity index (χ3n) is 3.15. The van der Waals surface area contributed by atoms with Crippen LogP contribution in [0.3, 0.4) is 0 Å². The van der Waals surface area contributed by atoms with E-state index >= 15 is 0 Å². The minimum atomic E-state index is -3.66. The van der Waals surface area contributed by atoms with E-state index < -0.39 is 14.8 Å². The van der Waals surface area contributed by atoms with Crippen molar-refractivity contribution in [3.8, 4) is 0 Å². The lowest BCUT2D eigenvalue weighted by atomic mass is 10.1.